The zero-order valence-electron chi connectivity index (χ0n) is 7.51. The Labute approximate surface area is 90.8 Å². The number of hydrogen-bond donors (Lipinski definition) is 0. The lowest BCUT2D eigenvalue weighted by molar-refractivity contribution is 0.281. The molecule has 0 saturated heterocycles. The van der Waals surface area contributed by atoms with Crippen LogP contribution in [-0.2, 0) is 0 Å². The molecule has 1 rings (SSSR count). The molecule has 0 bridgehead atoms. The van der Waals surface area contributed by atoms with Gasteiger partial charge in [-0.15, -0.1) is 0 Å². The highest BCUT2D eigenvalue weighted by Crippen LogP contribution is 2.36. The minimum atomic E-state index is 0.495. The Hall–Kier alpha value is 0.400. The normalized spacial score (nSPS) is 25.7. The van der Waals surface area contributed by atoms with Gasteiger partial charge in [0.05, 0.1) is 0 Å². The Balaban J connectivity index is 2.74. The van der Waals surface area contributed by atoms with Crippen molar-refractivity contribution in [2.75, 3.05) is 14.1 Å². The second-order valence-corrected chi connectivity index (χ2v) is 4.99. The van der Waals surface area contributed by atoms with Crippen LogP contribution in [0.2, 0.25) is 0 Å². The summed E-state index contributed by atoms with van der Waals surface area (Å²) in [5.74, 6) is 0.495. The third kappa shape index (κ3) is 2.01. The molecule has 68 valence electrons. The fourth-order valence-electron chi connectivity index (χ4n) is 1.21. The topological polar surface area (TPSA) is 3.24 Å². The standard InChI is InChI=1S/C9H13Br2N/c1-6(12(2)3)7-4-5-8(10)9(7)11/h4-7H,1-3H3. The first-order valence-electron chi connectivity index (χ1n) is 3.94. The van der Waals surface area contributed by atoms with Crippen molar-refractivity contribution >= 4 is 31.9 Å². The average molecular weight is 295 g/mol. The molecule has 0 aromatic heterocycles. The molecule has 1 aliphatic carbocycles. The fraction of sp³-hybridized carbons (Fsp3) is 0.556. The minimum Gasteiger partial charge on any atom is -0.306 e. The Morgan fingerprint density at radius 3 is 2.33 bits per heavy atom. The molecule has 0 saturated carbocycles. The summed E-state index contributed by atoms with van der Waals surface area (Å²) in [5, 5.41) is 0. The highest BCUT2D eigenvalue weighted by molar-refractivity contribution is 9.14. The summed E-state index contributed by atoms with van der Waals surface area (Å²) in [6, 6.07) is 0.533. The van der Waals surface area contributed by atoms with Crippen molar-refractivity contribution in [3.8, 4) is 0 Å². The van der Waals surface area contributed by atoms with Gasteiger partial charge in [-0.25, -0.2) is 0 Å². The summed E-state index contributed by atoms with van der Waals surface area (Å²) in [4.78, 5) is 2.22. The zero-order valence-corrected chi connectivity index (χ0v) is 10.7. The number of hydrogen-bond acceptors (Lipinski definition) is 1. The van der Waals surface area contributed by atoms with Crippen LogP contribution in [0, 0.1) is 5.92 Å². The van der Waals surface area contributed by atoms with Gasteiger partial charge in [-0.1, -0.05) is 28.1 Å². The van der Waals surface area contributed by atoms with Gasteiger partial charge in [-0.2, -0.15) is 0 Å². The van der Waals surface area contributed by atoms with Crippen molar-refractivity contribution < 1.29 is 0 Å². The third-order valence-electron chi connectivity index (χ3n) is 2.30. The van der Waals surface area contributed by atoms with Gasteiger partial charge in [0.1, 0.15) is 0 Å². The van der Waals surface area contributed by atoms with E-state index in [9.17, 15) is 0 Å². The van der Waals surface area contributed by atoms with E-state index in [1.54, 1.807) is 0 Å². The predicted octanol–water partition coefficient (Wildman–Crippen LogP) is 3.12. The van der Waals surface area contributed by atoms with E-state index in [-0.39, 0.29) is 0 Å². The molecule has 0 fully saturated rings. The average Bonchev–Trinajstić information content (AvgIpc) is 2.32. The molecule has 3 heteroatoms. The van der Waals surface area contributed by atoms with Gasteiger partial charge in [-0.3, -0.25) is 0 Å². The second-order valence-electron chi connectivity index (χ2n) is 3.28. The molecule has 0 radical (unpaired) electrons. The largest absolute Gasteiger partial charge is 0.306 e. The minimum absolute atomic E-state index is 0.495. The van der Waals surface area contributed by atoms with Crippen LogP contribution in [0.1, 0.15) is 6.92 Å². The lowest BCUT2D eigenvalue weighted by Crippen LogP contribution is -2.31. The van der Waals surface area contributed by atoms with Gasteiger partial charge >= 0.3 is 0 Å². The second kappa shape index (κ2) is 4.07. The van der Waals surface area contributed by atoms with Crippen LogP contribution < -0.4 is 0 Å². The van der Waals surface area contributed by atoms with E-state index in [4.69, 9.17) is 0 Å². The lowest BCUT2D eigenvalue weighted by Gasteiger charge is -2.25. The molecule has 0 spiro atoms. The summed E-state index contributed by atoms with van der Waals surface area (Å²) in [6.07, 6.45) is 4.33. The monoisotopic (exact) mass is 293 g/mol. The van der Waals surface area contributed by atoms with Crippen molar-refractivity contribution in [3.63, 3.8) is 0 Å². The summed E-state index contributed by atoms with van der Waals surface area (Å²) >= 11 is 7.07. The van der Waals surface area contributed by atoms with Crippen LogP contribution in [0.4, 0.5) is 0 Å². The maximum absolute atomic E-state index is 3.58. The van der Waals surface area contributed by atoms with Crippen molar-refractivity contribution in [2.45, 2.75) is 13.0 Å². The van der Waals surface area contributed by atoms with E-state index in [1.165, 1.54) is 8.96 Å². The Morgan fingerprint density at radius 1 is 1.42 bits per heavy atom. The first-order valence-corrected chi connectivity index (χ1v) is 5.52. The van der Waals surface area contributed by atoms with Crippen LogP contribution in [-0.4, -0.2) is 25.0 Å². The molecule has 0 N–H and O–H groups in total. The van der Waals surface area contributed by atoms with Gasteiger partial charge in [-0.05, 0) is 36.9 Å². The van der Waals surface area contributed by atoms with E-state index in [0.717, 1.165) is 0 Å². The molecule has 2 atom stereocenters. The zero-order chi connectivity index (χ0) is 9.30. The molecule has 0 heterocycles. The molecule has 1 nitrogen and oxygen atoms in total. The molecule has 0 aromatic carbocycles. The third-order valence-corrected chi connectivity index (χ3v) is 4.48. The SMILES string of the molecule is CC(C1C=CC(Br)=C1Br)N(C)C. The Bertz CT molecular complexity index is 231. The lowest BCUT2D eigenvalue weighted by atomic mass is 10.0. The van der Waals surface area contributed by atoms with E-state index in [0.29, 0.717) is 12.0 Å². The van der Waals surface area contributed by atoms with Gasteiger partial charge in [0.15, 0.2) is 0 Å². The van der Waals surface area contributed by atoms with Crippen LogP contribution >= 0.6 is 31.9 Å². The highest BCUT2D eigenvalue weighted by Gasteiger charge is 2.24. The molecule has 2 unspecified atom stereocenters. The van der Waals surface area contributed by atoms with Gasteiger partial charge in [0, 0.05) is 20.9 Å². The summed E-state index contributed by atoms with van der Waals surface area (Å²) in [6.45, 7) is 2.22. The quantitative estimate of drug-likeness (QED) is 0.756. The summed E-state index contributed by atoms with van der Waals surface area (Å²) < 4.78 is 2.42. The smallest absolute Gasteiger partial charge is 0.0280 e. The van der Waals surface area contributed by atoms with Gasteiger partial charge in [0.25, 0.3) is 0 Å². The maximum atomic E-state index is 3.58. The molecule has 1 aliphatic rings. The number of rotatable bonds is 2. The molecule has 0 aliphatic heterocycles. The van der Waals surface area contributed by atoms with Crippen molar-refractivity contribution in [1.29, 1.82) is 0 Å². The summed E-state index contributed by atoms with van der Waals surface area (Å²) in [5.41, 5.74) is 0. The maximum Gasteiger partial charge on any atom is 0.0280 e. The number of allylic oxidation sites excluding steroid dienone is 2. The summed E-state index contributed by atoms with van der Waals surface area (Å²) in [7, 11) is 4.20. The Kier molecular flexibility index (Phi) is 3.56. The molecule has 12 heavy (non-hydrogen) atoms. The van der Waals surface area contributed by atoms with Crippen LogP contribution in [0.5, 0.6) is 0 Å². The molecular weight excluding hydrogens is 282 g/mol. The van der Waals surface area contributed by atoms with E-state index in [1.807, 2.05) is 0 Å². The van der Waals surface area contributed by atoms with E-state index >= 15 is 0 Å². The van der Waals surface area contributed by atoms with E-state index in [2.05, 4.69) is 69.9 Å². The Morgan fingerprint density at radius 2 is 2.00 bits per heavy atom. The van der Waals surface area contributed by atoms with Gasteiger partial charge in [0.2, 0.25) is 0 Å². The first kappa shape index (κ1) is 10.5. The highest BCUT2D eigenvalue weighted by atomic mass is 79.9. The van der Waals surface area contributed by atoms with Crippen molar-refractivity contribution in [3.05, 3.63) is 21.1 Å². The molecule has 0 amide bonds. The fourth-order valence-corrected chi connectivity index (χ4v) is 2.29. The first-order chi connectivity index (χ1) is 5.54. The van der Waals surface area contributed by atoms with Crippen LogP contribution in [0.25, 0.3) is 0 Å². The van der Waals surface area contributed by atoms with Crippen LogP contribution in [0.3, 0.4) is 0 Å². The van der Waals surface area contributed by atoms with Gasteiger partial charge < -0.3 is 4.90 Å². The van der Waals surface area contributed by atoms with E-state index < -0.39 is 0 Å². The van der Waals surface area contributed by atoms with Crippen LogP contribution in [0.15, 0.2) is 21.1 Å². The van der Waals surface area contributed by atoms with Crippen molar-refractivity contribution in [1.82, 2.24) is 4.90 Å². The number of nitrogens with zero attached hydrogens (tertiary/aromatic N) is 1. The molecular formula is C9H13Br2N. The van der Waals surface area contributed by atoms with Crippen molar-refractivity contribution in [2.24, 2.45) is 5.92 Å². The number of halogens is 2. The predicted molar refractivity (Wildman–Crippen MR) is 60.7 cm³/mol. The molecule has 0 aromatic rings.